The molecule has 2 unspecified atom stereocenters. The van der Waals surface area contributed by atoms with Crippen LogP contribution in [0.5, 0.6) is 0 Å². The molecule has 0 bridgehead atoms. The van der Waals surface area contributed by atoms with Gasteiger partial charge in [0.05, 0.1) is 4.91 Å². The summed E-state index contributed by atoms with van der Waals surface area (Å²) < 4.78 is 14.4. The first-order chi connectivity index (χ1) is 17.6. The number of nitrogens with zero attached hydrogens (tertiary/aromatic N) is 1. The van der Waals surface area contributed by atoms with Crippen LogP contribution < -0.4 is 5.32 Å². The van der Waals surface area contributed by atoms with E-state index in [1.165, 1.54) is 31.7 Å². The van der Waals surface area contributed by atoms with Crippen LogP contribution in [0, 0.1) is 5.82 Å². The van der Waals surface area contributed by atoms with E-state index in [-0.39, 0.29) is 29.7 Å². The van der Waals surface area contributed by atoms with Gasteiger partial charge in [0.1, 0.15) is 5.82 Å². The highest BCUT2D eigenvalue weighted by atomic mass is 32.2. The van der Waals surface area contributed by atoms with Crippen molar-refractivity contribution in [2.75, 3.05) is 0 Å². The summed E-state index contributed by atoms with van der Waals surface area (Å²) in [5.74, 6) is -0.314. The molecule has 0 radical (unpaired) electrons. The summed E-state index contributed by atoms with van der Waals surface area (Å²) >= 11 is 1.67. The maximum atomic E-state index is 14.4. The lowest BCUT2D eigenvalue weighted by molar-refractivity contribution is -0.130. The Morgan fingerprint density at radius 2 is 1.64 bits per heavy atom. The minimum absolute atomic E-state index is 0.0228. The van der Waals surface area contributed by atoms with Crippen molar-refractivity contribution in [1.82, 2.24) is 10.2 Å². The molecular formula is C30H35FN2O2S. The highest BCUT2D eigenvalue weighted by molar-refractivity contribution is 8.04. The van der Waals surface area contributed by atoms with Crippen LogP contribution in [0.15, 0.2) is 53.4 Å². The molecule has 1 heterocycles. The van der Waals surface area contributed by atoms with Crippen molar-refractivity contribution in [1.29, 1.82) is 0 Å². The maximum absolute atomic E-state index is 14.4. The highest BCUT2D eigenvalue weighted by Crippen LogP contribution is 2.42. The normalized spacial score (nSPS) is 24.3. The van der Waals surface area contributed by atoms with Gasteiger partial charge in [-0.2, -0.15) is 0 Å². The van der Waals surface area contributed by atoms with Gasteiger partial charge >= 0.3 is 0 Å². The number of benzene rings is 2. The van der Waals surface area contributed by atoms with Crippen molar-refractivity contribution in [2.24, 2.45) is 0 Å². The lowest BCUT2D eigenvalue weighted by Crippen LogP contribution is -2.50. The molecule has 36 heavy (non-hydrogen) atoms. The Hall–Kier alpha value is -2.60. The molecule has 2 aromatic rings. The Labute approximate surface area is 217 Å². The van der Waals surface area contributed by atoms with E-state index in [0.29, 0.717) is 27.8 Å². The van der Waals surface area contributed by atoms with E-state index >= 15 is 0 Å². The number of rotatable bonds is 5. The van der Waals surface area contributed by atoms with Gasteiger partial charge < -0.3 is 10.2 Å². The van der Waals surface area contributed by atoms with Crippen molar-refractivity contribution in [3.8, 4) is 0 Å². The molecule has 6 heteroatoms. The van der Waals surface area contributed by atoms with E-state index < -0.39 is 0 Å². The molecule has 2 aliphatic carbocycles. The summed E-state index contributed by atoms with van der Waals surface area (Å²) in [6.07, 6.45) is 13.2. The summed E-state index contributed by atoms with van der Waals surface area (Å²) in [4.78, 5) is 28.9. The smallest absolute Gasteiger partial charge is 0.260 e. The van der Waals surface area contributed by atoms with E-state index in [1.54, 1.807) is 23.9 Å². The fraction of sp³-hybridized carbons (Fsp3) is 0.467. The molecular weight excluding hydrogens is 471 g/mol. The topological polar surface area (TPSA) is 49.4 Å². The lowest BCUT2D eigenvalue weighted by atomic mass is 9.92. The first-order valence-electron chi connectivity index (χ1n) is 13.4. The number of halogens is 1. The molecule has 2 saturated carbocycles. The molecule has 1 N–H and O–H groups in total. The summed E-state index contributed by atoms with van der Waals surface area (Å²) in [7, 11) is 0. The van der Waals surface area contributed by atoms with Crippen LogP contribution in [0.25, 0.3) is 6.08 Å². The summed E-state index contributed by atoms with van der Waals surface area (Å²) in [6.45, 7) is 0.296. The first kappa shape index (κ1) is 25.1. The molecule has 1 saturated heterocycles. The zero-order chi connectivity index (χ0) is 24.9. The molecule has 0 aromatic heterocycles. The van der Waals surface area contributed by atoms with E-state index in [0.717, 1.165) is 44.1 Å². The van der Waals surface area contributed by atoms with Crippen molar-refractivity contribution in [3.05, 3.63) is 75.9 Å². The Balaban J connectivity index is 1.31. The summed E-state index contributed by atoms with van der Waals surface area (Å²) in [5, 5.41) is 3.53. The van der Waals surface area contributed by atoms with Gasteiger partial charge in [0, 0.05) is 35.0 Å². The molecule has 3 fully saturated rings. The Bertz CT molecular complexity index is 1110. The summed E-state index contributed by atoms with van der Waals surface area (Å²) in [6, 6.07) is 14.7. The van der Waals surface area contributed by atoms with Gasteiger partial charge in [0.2, 0.25) is 0 Å². The molecule has 190 valence electrons. The van der Waals surface area contributed by atoms with Crippen LogP contribution in [-0.2, 0) is 11.3 Å². The zero-order valence-electron chi connectivity index (χ0n) is 20.8. The third-order valence-electron chi connectivity index (χ3n) is 7.78. The quantitative estimate of drug-likeness (QED) is 0.362. The predicted molar refractivity (Wildman–Crippen MR) is 144 cm³/mol. The molecule has 4 nitrogen and oxygen atoms in total. The van der Waals surface area contributed by atoms with Crippen molar-refractivity contribution >= 4 is 29.7 Å². The average molecular weight is 507 g/mol. The van der Waals surface area contributed by atoms with Crippen molar-refractivity contribution in [3.63, 3.8) is 0 Å². The Morgan fingerprint density at radius 3 is 2.39 bits per heavy atom. The molecule has 2 atom stereocenters. The first-order valence-corrected chi connectivity index (χ1v) is 14.3. The second-order valence-electron chi connectivity index (χ2n) is 10.3. The minimum atomic E-state index is -0.265. The monoisotopic (exact) mass is 506 g/mol. The van der Waals surface area contributed by atoms with E-state index in [9.17, 15) is 14.0 Å². The van der Waals surface area contributed by atoms with Gasteiger partial charge in [0.15, 0.2) is 0 Å². The van der Waals surface area contributed by atoms with Gasteiger partial charge in [-0.3, -0.25) is 9.59 Å². The van der Waals surface area contributed by atoms with Gasteiger partial charge in [0.25, 0.3) is 11.8 Å². The highest BCUT2D eigenvalue weighted by Gasteiger charge is 2.40. The molecule has 2 amide bonds. The fourth-order valence-electron chi connectivity index (χ4n) is 5.75. The number of hydrogen-bond acceptors (Lipinski definition) is 3. The SMILES string of the molecule is O=C(NC1CCCCCC1)c1ccc(/C=C2\SC3CCCCC3N(Cc3ccccc3F)C2=O)cc1. The molecule has 1 aliphatic heterocycles. The van der Waals surface area contributed by atoms with Crippen LogP contribution in [0.4, 0.5) is 4.39 Å². The molecule has 3 aliphatic rings. The lowest BCUT2D eigenvalue weighted by Gasteiger charge is -2.44. The van der Waals surface area contributed by atoms with Crippen LogP contribution in [0.1, 0.15) is 85.7 Å². The largest absolute Gasteiger partial charge is 0.349 e. The van der Waals surface area contributed by atoms with Crippen LogP contribution >= 0.6 is 11.8 Å². The summed E-state index contributed by atoms with van der Waals surface area (Å²) in [5.41, 5.74) is 2.11. The number of carbonyl (C=O) groups excluding carboxylic acids is 2. The third kappa shape index (κ3) is 5.86. The zero-order valence-corrected chi connectivity index (χ0v) is 21.6. The number of thioether (sulfide) groups is 1. The van der Waals surface area contributed by atoms with E-state index in [4.69, 9.17) is 0 Å². The average Bonchev–Trinajstić information content (AvgIpc) is 3.16. The second kappa shape index (κ2) is 11.6. The minimum Gasteiger partial charge on any atom is -0.349 e. The fourth-order valence-corrected chi connectivity index (χ4v) is 7.22. The number of nitrogens with one attached hydrogen (secondary N) is 1. The second-order valence-corrected chi connectivity index (χ2v) is 11.6. The van der Waals surface area contributed by atoms with Crippen LogP contribution in [-0.4, -0.2) is 34.0 Å². The molecule has 0 spiro atoms. The third-order valence-corrected chi connectivity index (χ3v) is 9.18. The standard InChI is InChI=1S/C30H35FN2O2S/c31-25-12-6-5-9-23(25)20-33-26-13-7-8-14-27(26)36-28(30(33)35)19-21-15-17-22(18-16-21)29(34)32-24-10-3-1-2-4-11-24/h5-6,9,12,15-19,24,26-27H,1-4,7-8,10-11,13-14,20H2,(H,32,34)/b28-19-. The number of amides is 2. The predicted octanol–water partition coefficient (Wildman–Crippen LogP) is 6.71. The maximum Gasteiger partial charge on any atom is 0.260 e. The van der Waals surface area contributed by atoms with E-state index in [1.807, 2.05) is 41.3 Å². The van der Waals surface area contributed by atoms with Crippen molar-refractivity contribution in [2.45, 2.75) is 88.1 Å². The van der Waals surface area contributed by atoms with Crippen molar-refractivity contribution < 1.29 is 14.0 Å². The van der Waals surface area contributed by atoms with Gasteiger partial charge in [-0.05, 0) is 55.5 Å². The molecule has 2 aromatic carbocycles. The number of carbonyl (C=O) groups is 2. The Kier molecular flexibility index (Phi) is 8.10. The number of fused-ring (bicyclic) bond motifs is 1. The Morgan fingerprint density at radius 1 is 0.944 bits per heavy atom. The molecule has 5 rings (SSSR count). The van der Waals surface area contributed by atoms with Gasteiger partial charge in [-0.15, -0.1) is 11.8 Å². The van der Waals surface area contributed by atoms with Crippen LogP contribution in [0.3, 0.4) is 0 Å². The van der Waals surface area contributed by atoms with Gasteiger partial charge in [-0.25, -0.2) is 4.39 Å². The van der Waals surface area contributed by atoms with E-state index in [2.05, 4.69) is 5.32 Å². The number of hydrogen-bond donors (Lipinski definition) is 1. The van der Waals surface area contributed by atoms with Crippen LogP contribution in [0.2, 0.25) is 0 Å². The van der Waals surface area contributed by atoms with Gasteiger partial charge in [-0.1, -0.05) is 68.9 Å².